The molecule has 0 spiro atoms. The van der Waals surface area contributed by atoms with Crippen LogP contribution in [0.25, 0.3) is 0 Å². The van der Waals surface area contributed by atoms with E-state index in [-0.39, 0.29) is 5.71 Å². The van der Waals surface area contributed by atoms with E-state index >= 15 is 0 Å². The molecule has 5 nitrogen and oxygen atoms in total. The van der Waals surface area contributed by atoms with E-state index in [1.807, 2.05) is 0 Å². The molecular formula is C9H12N2O3. The van der Waals surface area contributed by atoms with Crippen LogP contribution >= 0.6 is 0 Å². The highest BCUT2D eigenvalue weighted by atomic mass is 16.5. The fraction of sp³-hybridized carbons (Fsp3) is 0.222. The van der Waals surface area contributed by atoms with Gasteiger partial charge in [-0.05, 0) is 12.2 Å². The molecule has 0 saturated carbocycles. The number of ether oxygens (including phenoxy) is 1. The molecule has 0 aromatic rings. The highest BCUT2D eigenvalue weighted by Gasteiger charge is 2.07. The second-order valence-electron chi connectivity index (χ2n) is 2.17. The minimum atomic E-state index is -0.570. The van der Waals surface area contributed by atoms with Crippen molar-refractivity contribution in [2.24, 2.45) is 4.99 Å². The number of methoxy groups -OCH3 is 1. The lowest BCUT2D eigenvalue weighted by Gasteiger charge is -2.00. The summed E-state index contributed by atoms with van der Waals surface area (Å²) in [6.07, 6.45) is 3.24. The number of nitrogens with zero attached hydrogens (tertiary/aromatic N) is 1. The highest BCUT2D eigenvalue weighted by molar-refractivity contribution is 6.41. The Hall–Kier alpha value is -1.91. The number of carbonyl (C=O) groups excluding carboxylic acids is 2. The molecule has 5 heteroatoms. The van der Waals surface area contributed by atoms with Crippen molar-refractivity contribution in [3.05, 3.63) is 24.4 Å². The van der Waals surface area contributed by atoms with E-state index < -0.39 is 5.97 Å². The van der Waals surface area contributed by atoms with Gasteiger partial charge in [-0.1, -0.05) is 6.58 Å². The van der Waals surface area contributed by atoms with Crippen LogP contribution in [0.4, 0.5) is 0 Å². The van der Waals surface area contributed by atoms with Gasteiger partial charge in [0.2, 0.25) is 6.41 Å². The number of amides is 1. The van der Waals surface area contributed by atoms with Crippen LogP contribution in [0, 0.1) is 0 Å². The highest BCUT2D eigenvalue weighted by Crippen LogP contribution is 1.93. The molecule has 0 aliphatic heterocycles. The molecule has 76 valence electrons. The van der Waals surface area contributed by atoms with Crippen LogP contribution in [-0.2, 0) is 14.3 Å². The summed E-state index contributed by atoms with van der Waals surface area (Å²) in [5.41, 5.74) is 0.489. The van der Waals surface area contributed by atoms with Crippen LogP contribution in [0.5, 0.6) is 0 Å². The van der Waals surface area contributed by atoms with Gasteiger partial charge in [0.05, 0.1) is 7.11 Å². The first-order chi connectivity index (χ1) is 6.69. The molecule has 0 fully saturated rings. The van der Waals surface area contributed by atoms with Gasteiger partial charge in [-0.25, -0.2) is 4.79 Å². The maximum absolute atomic E-state index is 11.1. The summed E-state index contributed by atoms with van der Waals surface area (Å²) >= 11 is 0. The smallest absolute Gasteiger partial charge is 0.356 e. The number of nitrogens with one attached hydrogen (secondary N) is 1. The number of allylic oxidation sites excluding steroid dienone is 1. The van der Waals surface area contributed by atoms with Gasteiger partial charge in [-0.3, -0.25) is 9.79 Å². The molecular weight excluding hydrogens is 184 g/mol. The van der Waals surface area contributed by atoms with Crippen molar-refractivity contribution in [2.45, 2.75) is 0 Å². The van der Waals surface area contributed by atoms with Crippen molar-refractivity contribution in [1.82, 2.24) is 5.32 Å². The molecule has 0 unspecified atom stereocenters. The average Bonchev–Trinajstić information content (AvgIpc) is 2.23. The van der Waals surface area contributed by atoms with E-state index in [1.54, 1.807) is 0 Å². The average molecular weight is 196 g/mol. The Balaban J connectivity index is 4.79. The summed E-state index contributed by atoms with van der Waals surface area (Å²) in [5, 5.41) is 2.35. The van der Waals surface area contributed by atoms with Crippen molar-refractivity contribution in [1.29, 1.82) is 0 Å². The van der Waals surface area contributed by atoms with E-state index in [4.69, 9.17) is 0 Å². The summed E-state index contributed by atoms with van der Waals surface area (Å²) in [7, 11) is 2.70. The van der Waals surface area contributed by atoms with Gasteiger partial charge in [-0.2, -0.15) is 0 Å². The Labute approximate surface area is 82.2 Å². The van der Waals surface area contributed by atoms with Gasteiger partial charge in [0, 0.05) is 12.7 Å². The maximum atomic E-state index is 11.1. The second kappa shape index (κ2) is 6.59. The Morgan fingerprint density at radius 1 is 1.57 bits per heavy atom. The van der Waals surface area contributed by atoms with Crippen LogP contribution in [0.15, 0.2) is 29.4 Å². The monoisotopic (exact) mass is 196 g/mol. The molecule has 0 aromatic heterocycles. The number of aliphatic imine (C=N–C) groups is 1. The molecule has 0 radical (unpaired) electrons. The van der Waals surface area contributed by atoms with Gasteiger partial charge in [0.1, 0.15) is 5.71 Å². The van der Waals surface area contributed by atoms with E-state index in [0.29, 0.717) is 12.1 Å². The minimum absolute atomic E-state index is 0.108. The summed E-state index contributed by atoms with van der Waals surface area (Å²) < 4.78 is 4.46. The Bertz CT molecular complexity index is 292. The van der Waals surface area contributed by atoms with E-state index in [1.165, 1.54) is 26.3 Å². The normalized spacial score (nSPS) is 11.9. The largest absolute Gasteiger partial charge is 0.464 e. The van der Waals surface area contributed by atoms with Crippen LogP contribution in [0.3, 0.4) is 0 Å². The third-order valence-corrected chi connectivity index (χ3v) is 1.37. The van der Waals surface area contributed by atoms with Crippen molar-refractivity contribution in [3.8, 4) is 0 Å². The molecule has 0 aliphatic carbocycles. The van der Waals surface area contributed by atoms with Crippen LogP contribution in [-0.4, -0.2) is 32.2 Å². The SMILES string of the molecule is C=C/C(=C\C(=NC)C(=O)OC)NC=O. The molecule has 14 heavy (non-hydrogen) atoms. The lowest BCUT2D eigenvalue weighted by molar-refractivity contribution is -0.132. The first-order valence-corrected chi connectivity index (χ1v) is 3.79. The first-order valence-electron chi connectivity index (χ1n) is 3.79. The summed E-state index contributed by atoms with van der Waals surface area (Å²) in [6, 6.07) is 0. The van der Waals surface area contributed by atoms with Gasteiger partial charge in [0.15, 0.2) is 0 Å². The molecule has 0 aliphatic rings. The summed E-state index contributed by atoms with van der Waals surface area (Å²) in [5.74, 6) is -0.570. The third-order valence-electron chi connectivity index (χ3n) is 1.37. The first kappa shape index (κ1) is 12.1. The zero-order chi connectivity index (χ0) is 11.0. The van der Waals surface area contributed by atoms with Gasteiger partial charge in [-0.15, -0.1) is 0 Å². The summed E-state index contributed by atoms with van der Waals surface area (Å²) in [6.45, 7) is 3.46. The quantitative estimate of drug-likeness (QED) is 0.292. The molecule has 1 amide bonds. The molecule has 1 N–H and O–H groups in total. The van der Waals surface area contributed by atoms with Crippen molar-refractivity contribution < 1.29 is 14.3 Å². The summed E-state index contributed by atoms with van der Waals surface area (Å²) in [4.78, 5) is 24.9. The molecule has 0 bridgehead atoms. The number of carbonyl (C=O) groups is 2. The molecule has 0 aromatic carbocycles. The fourth-order valence-corrected chi connectivity index (χ4v) is 0.694. The predicted molar refractivity (Wildman–Crippen MR) is 52.9 cm³/mol. The van der Waals surface area contributed by atoms with Crippen LogP contribution < -0.4 is 5.32 Å². The number of hydrogen-bond acceptors (Lipinski definition) is 4. The van der Waals surface area contributed by atoms with Crippen molar-refractivity contribution in [2.75, 3.05) is 14.2 Å². The van der Waals surface area contributed by atoms with Gasteiger partial charge < -0.3 is 10.1 Å². The topological polar surface area (TPSA) is 67.8 Å². The standard InChI is InChI=1S/C9H12N2O3/c1-4-7(11-6-12)5-8(10-2)9(13)14-3/h4-6H,1H2,2-3H3,(H,11,12)/b7-5+,10-8?. The van der Waals surface area contributed by atoms with E-state index in [0.717, 1.165) is 0 Å². The van der Waals surface area contributed by atoms with E-state index in [9.17, 15) is 9.59 Å². The number of rotatable bonds is 5. The van der Waals surface area contributed by atoms with Gasteiger partial charge in [0.25, 0.3) is 0 Å². The number of esters is 1. The molecule has 0 rings (SSSR count). The van der Waals surface area contributed by atoms with Crippen LogP contribution in [0.2, 0.25) is 0 Å². The predicted octanol–water partition coefficient (Wildman–Crippen LogP) is 0.0461. The third kappa shape index (κ3) is 3.66. The zero-order valence-electron chi connectivity index (χ0n) is 8.11. The van der Waals surface area contributed by atoms with Crippen molar-refractivity contribution >= 4 is 18.1 Å². The molecule has 0 heterocycles. The Morgan fingerprint density at radius 2 is 2.21 bits per heavy atom. The van der Waals surface area contributed by atoms with Gasteiger partial charge >= 0.3 is 5.97 Å². The molecule has 0 atom stereocenters. The lowest BCUT2D eigenvalue weighted by atomic mass is 10.3. The Kier molecular flexibility index (Phi) is 5.69. The fourth-order valence-electron chi connectivity index (χ4n) is 0.694. The van der Waals surface area contributed by atoms with Crippen LogP contribution in [0.1, 0.15) is 0 Å². The Morgan fingerprint density at radius 3 is 2.57 bits per heavy atom. The molecule has 0 saturated heterocycles. The lowest BCUT2D eigenvalue weighted by Crippen LogP contribution is -2.17. The van der Waals surface area contributed by atoms with E-state index in [2.05, 4.69) is 21.6 Å². The van der Waals surface area contributed by atoms with Crippen molar-refractivity contribution in [3.63, 3.8) is 0 Å². The second-order valence-corrected chi connectivity index (χ2v) is 2.17. The maximum Gasteiger partial charge on any atom is 0.356 e. The number of hydrogen-bond donors (Lipinski definition) is 1. The minimum Gasteiger partial charge on any atom is -0.464 e. The zero-order valence-corrected chi connectivity index (χ0v) is 8.11.